The first-order valence-electron chi connectivity index (χ1n) is 8.76. The molecule has 0 saturated heterocycles. The molecule has 0 unspecified atom stereocenters. The molecule has 1 N–H and O–H groups in total. The van der Waals surface area contributed by atoms with E-state index in [0.29, 0.717) is 30.0 Å². The molecule has 26 heavy (non-hydrogen) atoms. The van der Waals surface area contributed by atoms with Crippen molar-refractivity contribution >= 4 is 17.6 Å². The van der Waals surface area contributed by atoms with E-state index >= 15 is 0 Å². The highest BCUT2D eigenvalue weighted by Crippen LogP contribution is 2.19. The van der Waals surface area contributed by atoms with Gasteiger partial charge in [-0.1, -0.05) is 19.1 Å². The van der Waals surface area contributed by atoms with Gasteiger partial charge in [-0.05, 0) is 68.7 Å². The molecule has 2 rings (SSSR count). The maximum absolute atomic E-state index is 12.6. The van der Waals surface area contributed by atoms with Gasteiger partial charge in [-0.2, -0.15) is 0 Å². The highest BCUT2D eigenvalue weighted by molar-refractivity contribution is 5.96. The predicted molar refractivity (Wildman–Crippen MR) is 102 cm³/mol. The molecule has 2 aromatic rings. The fourth-order valence-corrected chi connectivity index (χ4v) is 2.43. The van der Waals surface area contributed by atoms with E-state index in [9.17, 15) is 9.59 Å². The third-order valence-corrected chi connectivity index (χ3v) is 4.06. The summed E-state index contributed by atoms with van der Waals surface area (Å²) >= 11 is 0. The average Bonchev–Trinajstić information content (AvgIpc) is 2.63. The van der Waals surface area contributed by atoms with Crippen molar-refractivity contribution in [3.63, 3.8) is 0 Å². The minimum Gasteiger partial charge on any atom is -0.481 e. The zero-order valence-electron chi connectivity index (χ0n) is 15.7. The van der Waals surface area contributed by atoms with Gasteiger partial charge in [0.1, 0.15) is 5.75 Å². The second-order valence-corrected chi connectivity index (χ2v) is 6.05. The van der Waals surface area contributed by atoms with Gasteiger partial charge in [0.25, 0.3) is 5.91 Å². The van der Waals surface area contributed by atoms with Crippen molar-refractivity contribution in [3.8, 4) is 5.75 Å². The van der Waals surface area contributed by atoms with Gasteiger partial charge in [0.15, 0.2) is 6.10 Å². The Morgan fingerprint density at radius 3 is 2.46 bits per heavy atom. The number of nitrogens with one attached hydrogen (secondary N) is 1. The van der Waals surface area contributed by atoms with Crippen LogP contribution in [0.15, 0.2) is 42.5 Å². The molecule has 2 aromatic carbocycles. The number of aryl methyl sites for hydroxylation is 2. The molecule has 0 radical (unpaired) electrons. The van der Waals surface area contributed by atoms with Gasteiger partial charge in [-0.15, -0.1) is 0 Å². The molecule has 1 atom stereocenters. The fraction of sp³-hybridized carbons (Fsp3) is 0.333. The first-order valence-corrected chi connectivity index (χ1v) is 8.76. The number of amides is 1. The van der Waals surface area contributed by atoms with Crippen LogP contribution in [0.5, 0.6) is 5.75 Å². The number of esters is 1. The number of carbonyl (C=O) groups is 2. The van der Waals surface area contributed by atoms with E-state index in [1.807, 2.05) is 39.0 Å². The van der Waals surface area contributed by atoms with Crippen LogP contribution in [0.4, 0.5) is 5.69 Å². The molecule has 1 amide bonds. The standard InChI is InChI=1S/C21H25NO4/c1-5-19(26-18-11-10-14(3)15(4)12-18)20(23)22-17-9-7-8-16(13-17)21(24)25-6-2/h7-13,19H,5-6H2,1-4H3,(H,22,23)/t19-/m1/s1. The van der Waals surface area contributed by atoms with Crippen molar-refractivity contribution in [3.05, 3.63) is 59.2 Å². The molecule has 0 saturated carbocycles. The first-order chi connectivity index (χ1) is 12.4. The average molecular weight is 355 g/mol. The Labute approximate surface area is 154 Å². The number of anilines is 1. The molecule has 138 valence electrons. The summed E-state index contributed by atoms with van der Waals surface area (Å²) in [5.74, 6) is -0.0101. The molecule has 5 heteroatoms. The summed E-state index contributed by atoms with van der Waals surface area (Å²) in [6, 6.07) is 12.4. The van der Waals surface area contributed by atoms with E-state index < -0.39 is 12.1 Å². The third kappa shape index (κ3) is 5.09. The predicted octanol–water partition coefficient (Wildman–Crippen LogP) is 4.28. The molecule has 0 fully saturated rings. The fourth-order valence-electron chi connectivity index (χ4n) is 2.43. The van der Waals surface area contributed by atoms with Crippen LogP contribution in [0.3, 0.4) is 0 Å². The number of carbonyl (C=O) groups excluding carboxylic acids is 2. The van der Waals surface area contributed by atoms with Crippen LogP contribution in [0.2, 0.25) is 0 Å². The van der Waals surface area contributed by atoms with Crippen LogP contribution in [0.1, 0.15) is 41.8 Å². The highest BCUT2D eigenvalue weighted by Gasteiger charge is 2.19. The monoisotopic (exact) mass is 355 g/mol. The Hall–Kier alpha value is -2.82. The second-order valence-electron chi connectivity index (χ2n) is 6.05. The maximum atomic E-state index is 12.6. The Morgan fingerprint density at radius 2 is 1.81 bits per heavy atom. The Balaban J connectivity index is 2.08. The molecular weight excluding hydrogens is 330 g/mol. The lowest BCUT2D eigenvalue weighted by Crippen LogP contribution is -2.32. The van der Waals surface area contributed by atoms with Crippen LogP contribution < -0.4 is 10.1 Å². The van der Waals surface area contributed by atoms with E-state index in [2.05, 4.69) is 5.32 Å². The van der Waals surface area contributed by atoms with Crippen molar-refractivity contribution in [1.29, 1.82) is 0 Å². The lowest BCUT2D eigenvalue weighted by atomic mass is 10.1. The first kappa shape index (κ1) is 19.5. The van der Waals surface area contributed by atoms with Crippen LogP contribution >= 0.6 is 0 Å². The summed E-state index contributed by atoms with van der Waals surface area (Å²) in [6.45, 7) is 7.97. The number of hydrogen-bond donors (Lipinski definition) is 1. The summed E-state index contributed by atoms with van der Waals surface area (Å²) < 4.78 is 10.8. The van der Waals surface area contributed by atoms with Gasteiger partial charge in [0, 0.05) is 5.69 Å². The number of ether oxygens (including phenoxy) is 2. The van der Waals surface area contributed by atoms with E-state index in [0.717, 1.165) is 5.56 Å². The number of rotatable bonds is 7. The zero-order chi connectivity index (χ0) is 19.1. The second kappa shape index (κ2) is 9.04. The lowest BCUT2D eigenvalue weighted by molar-refractivity contribution is -0.122. The lowest BCUT2D eigenvalue weighted by Gasteiger charge is -2.18. The van der Waals surface area contributed by atoms with Gasteiger partial charge in [-0.3, -0.25) is 4.79 Å². The van der Waals surface area contributed by atoms with Crippen molar-refractivity contribution in [2.24, 2.45) is 0 Å². The molecular formula is C21H25NO4. The van der Waals surface area contributed by atoms with Crippen LogP contribution in [-0.2, 0) is 9.53 Å². The van der Waals surface area contributed by atoms with Crippen molar-refractivity contribution < 1.29 is 19.1 Å². The molecule has 0 aliphatic carbocycles. The van der Waals surface area contributed by atoms with Crippen LogP contribution in [-0.4, -0.2) is 24.6 Å². The van der Waals surface area contributed by atoms with Gasteiger partial charge < -0.3 is 14.8 Å². The third-order valence-electron chi connectivity index (χ3n) is 4.06. The topological polar surface area (TPSA) is 64.6 Å². The summed E-state index contributed by atoms with van der Waals surface area (Å²) in [5, 5.41) is 2.80. The normalized spacial score (nSPS) is 11.5. The van der Waals surface area contributed by atoms with Crippen LogP contribution in [0.25, 0.3) is 0 Å². The molecule has 0 heterocycles. The van der Waals surface area contributed by atoms with E-state index in [4.69, 9.17) is 9.47 Å². The van der Waals surface area contributed by atoms with E-state index in [-0.39, 0.29) is 5.91 Å². The van der Waals surface area contributed by atoms with Crippen molar-refractivity contribution in [1.82, 2.24) is 0 Å². The summed E-state index contributed by atoms with van der Waals surface area (Å²) in [7, 11) is 0. The number of hydrogen-bond acceptors (Lipinski definition) is 4. The summed E-state index contributed by atoms with van der Waals surface area (Å²) in [5.41, 5.74) is 3.21. The van der Waals surface area contributed by atoms with Gasteiger partial charge in [0.05, 0.1) is 12.2 Å². The van der Waals surface area contributed by atoms with Gasteiger partial charge in [0.2, 0.25) is 0 Å². The Morgan fingerprint density at radius 1 is 1.04 bits per heavy atom. The minimum absolute atomic E-state index is 0.258. The van der Waals surface area contributed by atoms with Crippen molar-refractivity contribution in [2.45, 2.75) is 40.2 Å². The summed E-state index contributed by atoms with van der Waals surface area (Å²) in [6.07, 6.45) is -0.0978. The van der Waals surface area contributed by atoms with E-state index in [1.165, 1.54) is 5.56 Å². The summed E-state index contributed by atoms with van der Waals surface area (Å²) in [4.78, 5) is 24.4. The number of benzene rings is 2. The smallest absolute Gasteiger partial charge is 0.338 e. The quantitative estimate of drug-likeness (QED) is 0.753. The minimum atomic E-state index is -0.622. The molecule has 0 aromatic heterocycles. The molecule has 0 aliphatic rings. The Bertz CT molecular complexity index is 785. The van der Waals surface area contributed by atoms with Gasteiger partial charge in [-0.25, -0.2) is 4.79 Å². The SMILES string of the molecule is CCOC(=O)c1cccc(NC(=O)[C@@H](CC)Oc2ccc(C)c(C)c2)c1. The maximum Gasteiger partial charge on any atom is 0.338 e. The molecule has 0 bridgehead atoms. The van der Waals surface area contributed by atoms with E-state index in [1.54, 1.807) is 31.2 Å². The molecule has 0 spiro atoms. The van der Waals surface area contributed by atoms with Gasteiger partial charge >= 0.3 is 5.97 Å². The Kier molecular flexibility index (Phi) is 6.78. The largest absolute Gasteiger partial charge is 0.481 e. The molecule has 5 nitrogen and oxygen atoms in total. The molecule has 0 aliphatic heterocycles. The van der Waals surface area contributed by atoms with Crippen molar-refractivity contribution in [2.75, 3.05) is 11.9 Å². The zero-order valence-corrected chi connectivity index (χ0v) is 15.7. The van der Waals surface area contributed by atoms with Crippen LogP contribution in [0, 0.1) is 13.8 Å². The highest BCUT2D eigenvalue weighted by atomic mass is 16.5.